The molecule has 0 amide bonds. The first-order valence-electron chi connectivity index (χ1n) is 9.51. The van der Waals surface area contributed by atoms with Crippen molar-refractivity contribution >= 4 is 22.6 Å². The highest BCUT2D eigenvalue weighted by atomic mass is 35.5. The zero-order valence-electron chi connectivity index (χ0n) is 15.2. The van der Waals surface area contributed by atoms with Gasteiger partial charge >= 0.3 is 5.63 Å². The molecule has 1 N–H and O–H groups in total. The fourth-order valence-electron chi connectivity index (χ4n) is 3.88. The molecule has 0 radical (unpaired) electrons. The highest BCUT2D eigenvalue weighted by Crippen LogP contribution is 2.34. The van der Waals surface area contributed by atoms with E-state index in [1.807, 2.05) is 6.07 Å². The van der Waals surface area contributed by atoms with Gasteiger partial charge in [-0.25, -0.2) is 4.79 Å². The molecule has 4 rings (SSSR count). The van der Waals surface area contributed by atoms with Crippen molar-refractivity contribution in [3.05, 3.63) is 38.7 Å². The van der Waals surface area contributed by atoms with E-state index in [1.54, 1.807) is 6.07 Å². The zero-order chi connectivity index (χ0) is 18.8. The van der Waals surface area contributed by atoms with Gasteiger partial charge in [-0.05, 0) is 37.3 Å². The highest BCUT2D eigenvalue weighted by molar-refractivity contribution is 6.32. The van der Waals surface area contributed by atoms with E-state index in [0.29, 0.717) is 36.1 Å². The third-order valence-electron chi connectivity index (χ3n) is 5.28. The Hall–Kier alpha value is -1.60. The SMILES string of the molecule is O=c1oc2cc(OCC(O)CN3CCOCC3)c(Cl)cc2c2c1CCCC2. The summed E-state index contributed by atoms with van der Waals surface area (Å²) in [4.78, 5) is 14.4. The summed E-state index contributed by atoms with van der Waals surface area (Å²) in [5.41, 5.74) is 2.05. The van der Waals surface area contributed by atoms with E-state index in [1.165, 1.54) is 0 Å². The van der Waals surface area contributed by atoms with E-state index in [0.717, 1.165) is 55.3 Å². The van der Waals surface area contributed by atoms with E-state index < -0.39 is 6.10 Å². The van der Waals surface area contributed by atoms with Gasteiger partial charge in [0.15, 0.2) is 0 Å². The van der Waals surface area contributed by atoms with Crippen LogP contribution in [0.4, 0.5) is 0 Å². The molecule has 1 aromatic heterocycles. The molecular weight excluding hydrogens is 370 g/mol. The standard InChI is InChI=1S/C20H24ClNO5/c21-17-9-16-14-3-1-2-4-15(14)20(24)27-18(16)10-19(17)26-12-13(23)11-22-5-7-25-8-6-22/h9-10,13,23H,1-8,11-12H2. The summed E-state index contributed by atoms with van der Waals surface area (Å²) in [6, 6.07) is 3.48. The summed E-state index contributed by atoms with van der Waals surface area (Å²) in [5.74, 6) is 0.420. The molecule has 27 heavy (non-hydrogen) atoms. The van der Waals surface area contributed by atoms with Crippen LogP contribution in [0.15, 0.2) is 21.3 Å². The number of benzene rings is 1. The number of β-amino-alcohol motifs (C(OH)–C–C–N with tert-alkyl or cyclic N) is 1. The molecule has 0 bridgehead atoms. The van der Waals surface area contributed by atoms with Crippen molar-refractivity contribution in [3.63, 3.8) is 0 Å². The molecule has 0 saturated carbocycles. The number of hydrogen-bond donors (Lipinski definition) is 1. The van der Waals surface area contributed by atoms with Crippen LogP contribution in [-0.4, -0.2) is 55.6 Å². The molecule has 1 fully saturated rings. The number of ether oxygens (including phenoxy) is 2. The van der Waals surface area contributed by atoms with Crippen LogP contribution in [0.3, 0.4) is 0 Å². The molecule has 1 atom stereocenters. The van der Waals surface area contributed by atoms with Crippen molar-refractivity contribution in [1.29, 1.82) is 0 Å². The first-order chi connectivity index (χ1) is 13.1. The van der Waals surface area contributed by atoms with Crippen molar-refractivity contribution in [2.45, 2.75) is 31.8 Å². The number of aryl methyl sites for hydroxylation is 1. The number of hydrogen-bond acceptors (Lipinski definition) is 6. The second-order valence-electron chi connectivity index (χ2n) is 7.21. The quantitative estimate of drug-likeness (QED) is 0.786. The van der Waals surface area contributed by atoms with Gasteiger partial charge in [-0.2, -0.15) is 0 Å². The van der Waals surface area contributed by atoms with E-state index in [4.69, 9.17) is 25.5 Å². The number of rotatable bonds is 5. The van der Waals surface area contributed by atoms with Crippen LogP contribution in [0.1, 0.15) is 24.0 Å². The van der Waals surface area contributed by atoms with Gasteiger partial charge in [0.1, 0.15) is 24.0 Å². The van der Waals surface area contributed by atoms with Crippen molar-refractivity contribution in [2.24, 2.45) is 0 Å². The molecule has 1 unspecified atom stereocenters. The Morgan fingerprint density at radius 2 is 1.93 bits per heavy atom. The molecule has 1 aromatic carbocycles. The zero-order valence-corrected chi connectivity index (χ0v) is 16.0. The molecule has 0 spiro atoms. The van der Waals surface area contributed by atoms with Gasteiger partial charge in [-0.15, -0.1) is 0 Å². The Morgan fingerprint density at radius 1 is 1.19 bits per heavy atom. The van der Waals surface area contributed by atoms with Crippen molar-refractivity contribution < 1.29 is 19.0 Å². The predicted octanol–water partition coefficient (Wildman–Crippen LogP) is 2.40. The normalized spacial score (nSPS) is 19.0. The summed E-state index contributed by atoms with van der Waals surface area (Å²) in [6.45, 7) is 3.64. The molecule has 2 aliphatic rings. The molecular formula is C20H24ClNO5. The van der Waals surface area contributed by atoms with Crippen molar-refractivity contribution in [2.75, 3.05) is 39.5 Å². The number of morpholine rings is 1. The Kier molecular flexibility index (Phi) is 5.68. The molecule has 7 heteroatoms. The number of aliphatic hydroxyl groups excluding tert-OH is 1. The molecule has 2 aromatic rings. The summed E-state index contributed by atoms with van der Waals surface area (Å²) in [6.07, 6.45) is 3.07. The Bertz CT molecular complexity index is 875. The first kappa shape index (κ1) is 18.7. The fraction of sp³-hybridized carbons (Fsp3) is 0.550. The minimum Gasteiger partial charge on any atom is -0.489 e. The van der Waals surface area contributed by atoms with Crippen LogP contribution in [0.25, 0.3) is 11.0 Å². The van der Waals surface area contributed by atoms with E-state index in [-0.39, 0.29) is 12.2 Å². The van der Waals surface area contributed by atoms with Gasteiger partial charge in [0.25, 0.3) is 0 Å². The fourth-order valence-corrected chi connectivity index (χ4v) is 4.09. The van der Waals surface area contributed by atoms with Crippen LogP contribution in [0.2, 0.25) is 5.02 Å². The summed E-state index contributed by atoms with van der Waals surface area (Å²) in [5, 5.41) is 11.6. The number of aliphatic hydroxyl groups is 1. The first-order valence-corrected chi connectivity index (χ1v) is 9.88. The van der Waals surface area contributed by atoms with Crippen LogP contribution in [0.5, 0.6) is 5.75 Å². The van der Waals surface area contributed by atoms with Crippen LogP contribution < -0.4 is 10.4 Å². The summed E-state index contributed by atoms with van der Waals surface area (Å²) >= 11 is 6.41. The lowest BCUT2D eigenvalue weighted by Gasteiger charge is -2.28. The average Bonchev–Trinajstić information content (AvgIpc) is 2.68. The van der Waals surface area contributed by atoms with E-state index in [2.05, 4.69) is 4.90 Å². The Labute approximate surface area is 162 Å². The van der Waals surface area contributed by atoms with Gasteiger partial charge in [0, 0.05) is 36.7 Å². The van der Waals surface area contributed by atoms with Gasteiger partial charge in [0.05, 0.1) is 18.2 Å². The van der Waals surface area contributed by atoms with Gasteiger partial charge in [0.2, 0.25) is 0 Å². The summed E-state index contributed by atoms with van der Waals surface area (Å²) < 4.78 is 16.5. The minimum atomic E-state index is -0.634. The number of nitrogens with zero attached hydrogens (tertiary/aromatic N) is 1. The predicted molar refractivity (Wildman–Crippen MR) is 103 cm³/mol. The molecule has 1 saturated heterocycles. The van der Waals surface area contributed by atoms with E-state index in [9.17, 15) is 9.90 Å². The largest absolute Gasteiger partial charge is 0.489 e. The van der Waals surface area contributed by atoms with E-state index >= 15 is 0 Å². The number of fused-ring (bicyclic) bond motifs is 3. The molecule has 146 valence electrons. The Balaban J connectivity index is 1.50. The average molecular weight is 394 g/mol. The number of halogens is 1. The highest BCUT2D eigenvalue weighted by Gasteiger charge is 2.20. The van der Waals surface area contributed by atoms with Gasteiger partial charge in [-0.1, -0.05) is 11.6 Å². The second kappa shape index (κ2) is 8.19. The van der Waals surface area contributed by atoms with Crippen LogP contribution in [0, 0.1) is 0 Å². The molecule has 1 aliphatic carbocycles. The third-order valence-corrected chi connectivity index (χ3v) is 5.58. The Morgan fingerprint density at radius 3 is 2.70 bits per heavy atom. The molecule has 2 heterocycles. The van der Waals surface area contributed by atoms with Crippen LogP contribution in [-0.2, 0) is 17.6 Å². The smallest absolute Gasteiger partial charge is 0.339 e. The maximum Gasteiger partial charge on any atom is 0.339 e. The van der Waals surface area contributed by atoms with Crippen molar-refractivity contribution in [3.8, 4) is 5.75 Å². The second-order valence-corrected chi connectivity index (χ2v) is 7.62. The lowest BCUT2D eigenvalue weighted by molar-refractivity contribution is 0.00467. The maximum absolute atomic E-state index is 12.3. The third kappa shape index (κ3) is 4.14. The van der Waals surface area contributed by atoms with Crippen LogP contribution >= 0.6 is 11.6 Å². The monoisotopic (exact) mass is 393 g/mol. The maximum atomic E-state index is 12.3. The van der Waals surface area contributed by atoms with Gasteiger partial charge in [-0.3, -0.25) is 4.90 Å². The molecule has 6 nitrogen and oxygen atoms in total. The minimum absolute atomic E-state index is 0.123. The van der Waals surface area contributed by atoms with Gasteiger partial charge < -0.3 is 19.0 Å². The van der Waals surface area contributed by atoms with Crippen molar-refractivity contribution in [1.82, 2.24) is 4.90 Å². The summed E-state index contributed by atoms with van der Waals surface area (Å²) in [7, 11) is 0. The molecule has 1 aliphatic heterocycles. The lowest BCUT2D eigenvalue weighted by Crippen LogP contribution is -2.42. The topological polar surface area (TPSA) is 72.1 Å². The lowest BCUT2D eigenvalue weighted by atomic mass is 9.91.